The van der Waals surface area contributed by atoms with E-state index in [9.17, 15) is 0 Å². The topological polar surface area (TPSA) is 0 Å². The van der Waals surface area contributed by atoms with E-state index < -0.39 is 0 Å². The van der Waals surface area contributed by atoms with E-state index in [1.165, 1.54) is 19.3 Å². The van der Waals surface area contributed by atoms with Crippen LogP contribution in [0.3, 0.4) is 0 Å². The molecule has 0 aromatic heterocycles. The molecule has 0 bridgehead atoms. The number of allylic oxidation sites excluding steroid dienone is 4. The number of hydrogen-bond acceptors (Lipinski definition) is 0. The Morgan fingerprint density at radius 2 is 1.95 bits per heavy atom. The van der Waals surface area contributed by atoms with Crippen molar-refractivity contribution in [1.82, 2.24) is 0 Å². The second kappa shape index (κ2) is 5.63. The fourth-order valence-electron chi connectivity index (χ4n) is 3.48. The van der Waals surface area contributed by atoms with E-state index >= 15 is 0 Å². The van der Waals surface area contributed by atoms with Crippen molar-refractivity contribution in [2.24, 2.45) is 5.92 Å². The van der Waals surface area contributed by atoms with Gasteiger partial charge in [0.2, 0.25) is 0 Å². The third kappa shape index (κ3) is 2.56. The van der Waals surface area contributed by atoms with Gasteiger partial charge >= 0.3 is 0 Å². The lowest BCUT2D eigenvalue weighted by Crippen LogP contribution is -2.23. The highest BCUT2D eigenvalue weighted by atomic mass is 31.1. The summed E-state index contributed by atoms with van der Waals surface area (Å²) in [7, 11) is -0.0918. The first-order chi connectivity index (χ1) is 9.27. The van der Waals surface area contributed by atoms with Crippen molar-refractivity contribution in [3.05, 3.63) is 54.1 Å². The van der Waals surface area contributed by atoms with Crippen molar-refractivity contribution < 1.29 is 0 Å². The van der Waals surface area contributed by atoms with Crippen molar-refractivity contribution in [3.63, 3.8) is 0 Å². The van der Waals surface area contributed by atoms with Gasteiger partial charge in [-0.15, -0.1) is 0 Å². The standard InChI is InChI=1S/C18H23P/c1-14-8-6-12-17(14)19(16-10-4-3-5-11-16)18-13-7-9-15(18)2/h3-6,9-12,14,17-18H,7-8,13H2,1-2H3/t14?,17-,18-,19?/m1/s1. The molecular weight excluding hydrogens is 247 g/mol. The van der Waals surface area contributed by atoms with Crippen LogP contribution in [0.1, 0.15) is 33.1 Å². The molecule has 4 atom stereocenters. The van der Waals surface area contributed by atoms with Gasteiger partial charge < -0.3 is 0 Å². The van der Waals surface area contributed by atoms with Crippen molar-refractivity contribution in [1.29, 1.82) is 0 Å². The zero-order valence-corrected chi connectivity index (χ0v) is 12.8. The fourth-order valence-corrected chi connectivity index (χ4v) is 7.06. The Balaban J connectivity index is 1.96. The quantitative estimate of drug-likeness (QED) is 0.543. The van der Waals surface area contributed by atoms with E-state index in [4.69, 9.17) is 0 Å². The summed E-state index contributed by atoms with van der Waals surface area (Å²) in [5.41, 5.74) is 3.24. The summed E-state index contributed by atoms with van der Waals surface area (Å²) in [6, 6.07) is 11.3. The molecule has 1 aromatic rings. The van der Waals surface area contributed by atoms with Gasteiger partial charge in [-0.25, -0.2) is 0 Å². The molecule has 0 saturated carbocycles. The molecule has 0 nitrogen and oxygen atoms in total. The maximum Gasteiger partial charge on any atom is 0.00463 e. The highest BCUT2D eigenvalue weighted by molar-refractivity contribution is 7.67. The minimum absolute atomic E-state index is 0.0918. The van der Waals surface area contributed by atoms with Crippen LogP contribution < -0.4 is 5.30 Å². The molecule has 0 aliphatic heterocycles. The SMILES string of the molecule is CC1=CCC[C@H]1P(c1ccccc1)[C@@H]1C=CCC1C. The maximum absolute atomic E-state index is 2.51. The maximum atomic E-state index is 2.51. The summed E-state index contributed by atoms with van der Waals surface area (Å²) in [6.07, 6.45) is 11.3. The number of benzene rings is 1. The highest BCUT2D eigenvalue weighted by Gasteiger charge is 2.35. The van der Waals surface area contributed by atoms with E-state index in [0.717, 1.165) is 17.2 Å². The minimum Gasteiger partial charge on any atom is -0.0876 e. The Morgan fingerprint density at radius 1 is 1.16 bits per heavy atom. The zero-order valence-electron chi connectivity index (χ0n) is 11.9. The summed E-state index contributed by atoms with van der Waals surface area (Å²) in [6.45, 7) is 4.77. The van der Waals surface area contributed by atoms with Crippen molar-refractivity contribution in [2.45, 2.75) is 44.4 Å². The van der Waals surface area contributed by atoms with Crippen LogP contribution in [0.5, 0.6) is 0 Å². The van der Waals surface area contributed by atoms with Crippen molar-refractivity contribution in [3.8, 4) is 0 Å². The zero-order chi connectivity index (χ0) is 13.2. The summed E-state index contributed by atoms with van der Waals surface area (Å²) < 4.78 is 0. The van der Waals surface area contributed by atoms with Crippen molar-refractivity contribution in [2.75, 3.05) is 0 Å². The van der Waals surface area contributed by atoms with Gasteiger partial charge in [0.25, 0.3) is 0 Å². The third-order valence-electron chi connectivity index (χ3n) is 4.57. The molecule has 2 aliphatic carbocycles. The predicted octanol–water partition coefficient (Wildman–Crippen LogP) is 4.87. The molecule has 3 rings (SSSR count). The molecular formula is C18H23P. The first-order valence-electron chi connectivity index (χ1n) is 7.44. The monoisotopic (exact) mass is 270 g/mol. The molecule has 100 valence electrons. The lowest BCUT2D eigenvalue weighted by atomic mass is 10.1. The van der Waals surface area contributed by atoms with E-state index in [2.05, 4.69) is 62.4 Å². The predicted molar refractivity (Wildman–Crippen MR) is 86.5 cm³/mol. The summed E-state index contributed by atoms with van der Waals surface area (Å²) in [5, 5.41) is 1.60. The first kappa shape index (κ1) is 13.1. The largest absolute Gasteiger partial charge is 0.0876 e. The highest BCUT2D eigenvalue weighted by Crippen LogP contribution is 2.56. The third-order valence-corrected chi connectivity index (χ3v) is 8.12. The molecule has 1 aromatic carbocycles. The van der Waals surface area contributed by atoms with Gasteiger partial charge in [-0.2, -0.15) is 0 Å². The normalized spacial score (nSPS) is 31.5. The van der Waals surface area contributed by atoms with E-state index in [1.54, 1.807) is 10.9 Å². The summed E-state index contributed by atoms with van der Waals surface area (Å²) in [5.74, 6) is 0.819. The van der Waals surface area contributed by atoms with Crippen LogP contribution in [0.4, 0.5) is 0 Å². The minimum atomic E-state index is -0.0918. The molecule has 0 heterocycles. The molecule has 0 radical (unpaired) electrons. The fraction of sp³-hybridized carbons (Fsp3) is 0.444. The lowest BCUT2D eigenvalue weighted by Gasteiger charge is -2.33. The van der Waals surface area contributed by atoms with Gasteiger partial charge in [-0.05, 0) is 37.4 Å². The molecule has 2 aliphatic rings. The van der Waals surface area contributed by atoms with Gasteiger partial charge in [0.15, 0.2) is 0 Å². The van der Waals surface area contributed by atoms with E-state index in [1.807, 2.05) is 0 Å². The van der Waals surface area contributed by atoms with Crippen LogP contribution in [0, 0.1) is 5.92 Å². The molecule has 0 fully saturated rings. The van der Waals surface area contributed by atoms with Crippen LogP contribution in [0.25, 0.3) is 0 Å². The van der Waals surface area contributed by atoms with Crippen molar-refractivity contribution >= 4 is 13.2 Å². The molecule has 2 unspecified atom stereocenters. The van der Waals surface area contributed by atoms with Crippen LogP contribution in [0.2, 0.25) is 0 Å². The van der Waals surface area contributed by atoms with Gasteiger partial charge in [0.05, 0.1) is 0 Å². The van der Waals surface area contributed by atoms with E-state index in [-0.39, 0.29) is 7.92 Å². The van der Waals surface area contributed by atoms with Gasteiger partial charge in [-0.1, -0.05) is 69.0 Å². The van der Waals surface area contributed by atoms with Crippen LogP contribution >= 0.6 is 7.92 Å². The Kier molecular flexibility index (Phi) is 3.89. The molecule has 0 amide bonds. The smallest absolute Gasteiger partial charge is 0.00463 e. The van der Waals surface area contributed by atoms with Gasteiger partial charge in [0.1, 0.15) is 0 Å². The van der Waals surface area contributed by atoms with Crippen LogP contribution in [0.15, 0.2) is 54.1 Å². The number of hydrogen-bond donors (Lipinski definition) is 0. The van der Waals surface area contributed by atoms with E-state index in [0.29, 0.717) is 0 Å². The van der Waals surface area contributed by atoms with Gasteiger partial charge in [0, 0.05) is 11.3 Å². The summed E-state index contributed by atoms with van der Waals surface area (Å²) >= 11 is 0. The Bertz CT molecular complexity index is 484. The van der Waals surface area contributed by atoms with Crippen LogP contribution in [-0.4, -0.2) is 11.3 Å². The Morgan fingerprint density at radius 3 is 2.53 bits per heavy atom. The second-order valence-corrected chi connectivity index (χ2v) is 8.47. The lowest BCUT2D eigenvalue weighted by molar-refractivity contribution is 0.642. The molecule has 0 spiro atoms. The van der Waals surface area contributed by atoms with Crippen LogP contribution in [-0.2, 0) is 0 Å². The summed E-state index contributed by atoms with van der Waals surface area (Å²) in [4.78, 5) is 0. The molecule has 0 saturated heterocycles. The van der Waals surface area contributed by atoms with Gasteiger partial charge in [-0.3, -0.25) is 0 Å². The first-order valence-corrected chi connectivity index (χ1v) is 8.92. The molecule has 0 N–H and O–H groups in total. The molecule has 19 heavy (non-hydrogen) atoms. The average molecular weight is 270 g/mol. The molecule has 1 heteroatoms. The second-order valence-electron chi connectivity index (χ2n) is 5.92. The Labute approximate surface area is 118 Å². The number of rotatable bonds is 3. The Hall–Kier alpha value is -0.870. The average Bonchev–Trinajstić information content (AvgIpc) is 3.02.